The molecule has 0 aromatic carbocycles. The fourth-order valence-electron chi connectivity index (χ4n) is 4.60. The third-order valence-corrected chi connectivity index (χ3v) is 6.12. The molecule has 0 N–H and O–H groups in total. The Morgan fingerprint density at radius 1 is 0.759 bits per heavy atom. The lowest BCUT2D eigenvalue weighted by atomic mass is 9.72. The molecule has 0 bridgehead atoms. The number of hydrogen-bond donors (Lipinski definition) is 0. The van der Waals surface area contributed by atoms with Gasteiger partial charge < -0.3 is 9.47 Å². The van der Waals surface area contributed by atoms with Gasteiger partial charge in [0, 0.05) is 0 Å². The average molecular weight is 409 g/mol. The minimum Gasteiger partial charge on any atom is -0.466 e. The first-order valence-corrected chi connectivity index (χ1v) is 12.1. The highest BCUT2D eigenvalue weighted by atomic mass is 16.5. The number of carbonyl (C=O) groups excluding carboxylic acids is 2. The molecule has 0 saturated heterocycles. The number of rotatable bonds is 14. The topological polar surface area (TPSA) is 52.6 Å². The quantitative estimate of drug-likeness (QED) is 0.187. The van der Waals surface area contributed by atoms with E-state index in [2.05, 4.69) is 26.0 Å². The van der Waals surface area contributed by atoms with E-state index in [-0.39, 0.29) is 23.8 Å². The molecule has 0 aromatic heterocycles. The SMILES string of the molecule is CCCCCCC1C=CCC(CCCCCC)C(C(=O)OCC)C1C(=O)OCC. The normalized spacial score (nSPS) is 24.1. The summed E-state index contributed by atoms with van der Waals surface area (Å²) in [6, 6.07) is 0. The fourth-order valence-corrected chi connectivity index (χ4v) is 4.60. The van der Waals surface area contributed by atoms with Gasteiger partial charge in [-0.15, -0.1) is 0 Å². The summed E-state index contributed by atoms with van der Waals surface area (Å²) < 4.78 is 10.9. The average Bonchev–Trinajstić information content (AvgIpc) is 2.88. The van der Waals surface area contributed by atoms with Crippen molar-refractivity contribution in [2.24, 2.45) is 23.7 Å². The van der Waals surface area contributed by atoms with E-state index in [1.807, 2.05) is 13.8 Å². The summed E-state index contributed by atoms with van der Waals surface area (Å²) in [7, 11) is 0. The van der Waals surface area contributed by atoms with Crippen LogP contribution in [0.25, 0.3) is 0 Å². The predicted octanol–water partition coefficient (Wildman–Crippen LogP) is 6.48. The minimum atomic E-state index is -0.425. The molecule has 1 aliphatic carbocycles. The Bertz CT molecular complexity index is 485. The Kier molecular flexibility index (Phi) is 13.8. The van der Waals surface area contributed by atoms with Crippen molar-refractivity contribution < 1.29 is 19.1 Å². The van der Waals surface area contributed by atoms with Crippen LogP contribution in [-0.4, -0.2) is 25.2 Å². The van der Waals surface area contributed by atoms with Gasteiger partial charge in [0.15, 0.2) is 0 Å². The standard InChI is InChI=1S/C25H44O4/c1-5-9-11-13-16-20-18-15-19-21(17-14-12-10-6-2)23(25(27)29-8-4)22(20)24(26)28-7-3/h15,18,20-23H,5-14,16-17,19H2,1-4H3. The fraction of sp³-hybridized carbons (Fsp3) is 0.840. The van der Waals surface area contributed by atoms with Crippen LogP contribution in [0.1, 0.15) is 98.3 Å². The van der Waals surface area contributed by atoms with E-state index >= 15 is 0 Å². The largest absolute Gasteiger partial charge is 0.466 e. The highest BCUT2D eigenvalue weighted by molar-refractivity contribution is 5.83. The Hall–Kier alpha value is -1.32. The van der Waals surface area contributed by atoms with Gasteiger partial charge in [0.2, 0.25) is 0 Å². The Morgan fingerprint density at radius 2 is 1.31 bits per heavy atom. The van der Waals surface area contributed by atoms with Crippen molar-refractivity contribution in [1.82, 2.24) is 0 Å². The van der Waals surface area contributed by atoms with Crippen molar-refractivity contribution in [3.05, 3.63) is 12.2 Å². The van der Waals surface area contributed by atoms with Crippen LogP contribution in [0, 0.1) is 23.7 Å². The molecule has 0 aromatic rings. The maximum absolute atomic E-state index is 13.0. The summed E-state index contributed by atoms with van der Waals surface area (Å²) in [5.74, 6) is -1.06. The van der Waals surface area contributed by atoms with E-state index in [1.54, 1.807) is 0 Å². The van der Waals surface area contributed by atoms with Crippen molar-refractivity contribution in [3.63, 3.8) is 0 Å². The summed E-state index contributed by atoms with van der Waals surface area (Å²) in [5.41, 5.74) is 0. The maximum atomic E-state index is 13.0. The van der Waals surface area contributed by atoms with E-state index in [4.69, 9.17) is 9.47 Å². The van der Waals surface area contributed by atoms with Gasteiger partial charge in [-0.3, -0.25) is 9.59 Å². The van der Waals surface area contributed by atoms with Gasteiger partial charge in [0.25, 0.3) is 0 Å². The molecule has 0 radical (unpaired) electrons. The molecule has 4 unspecified atom stereocenters. The number of carbonyl (C=O) groups is 2. The molecule has 1 aliphatic rings. The molecule has 4 atom stereocenters. The van der Waals surface area contributed by atoms with E-state index in [1.165, 1.54) is 38.5 Å². The van der Waals surface area contributed by atoms with E-state index in [9.17, 15) is 9.59 Å². The zero-order chi connectivity index (χ0) is 21.5. The van der Waals surface area contributed by atoms with Crippen LogP contribution in [0.4, 0.5) is 0 Å². The van der Waals surface area contributed by atoms with Crippen LogP contribution in [0.5, 0.6) is 0 Å². The number of allylic oxidation sites excluding steroid dienone is 2. The molecule has 0 fully saturated rings. The molecule has 0 spiro atoms. The monoisotopic (exact) mass is 408 g/mol. The second kappa shape index (κ2) is 15.5. The van der Waals surface area contributed by atoms with Gasteiger partial charge in [0.1, 0.15) is 0 Å². The Morgan fingerprint density at radius 3 is 1.86 bits per heavy atom. The third-order valence-electron chi connectivity index (χ3n) is 6.12. The summed E-state index contributed by atoms with van der Waals surface area (Å²) in [5, 5.41) is 0. The van der Waals surface area contributed by atoms with Crippen LogP contribution < -0.4 is 0 Å². The second-order valence-electron chi connectivity index (χ2n) is 8.34. The van der Waals surface area contributed by atoms with Crippen molar-refractivity contribution in [2.75, 3.05) is 13.2 Å². The highest BCUT2D eigenvalue weighted by Crippen LogP contribution is 2.40. The molecular formula is C25H44O4. The van der Waals surface area contributed by atoms with Gasteiger partial charge in [0.05, 0.1) is 25.0 Å². The first kappa shape index (κ1) is 25.7. The molecule has 4 heteroatoms. The van der Waals surface area contributed by atoms with Gasteiger partial charge >= 0.3 is 11.9 Å². The van der Waals surface area contributed by atoms with Gasteiger partial charge in [-0.25, -0.2) is 0 Å². The molecule has 0 aliphatic heterocycles. The minimum absolute atomic E-state index is 0.0564. The molecule has 4 nitrogen and oxygen atoms in total. The predicted molar refractivity (Wildman–Crippen MR) is 119 cm³/mol. The van der Waals surface area contributed by atoms with E-state index < -0.39 is 11.8 Å². The molecular weight excluding hydrogens is 364 g/mol. The van der Waals surface area contributed by atoms with Crippen LogP contribution >= 0.6 is 0 Å². The molecule has 168 valence electrons. The Labute approximate surface area is 178 Å². The first-order chi connectivity index (χ1) is 14.1. The molecule has 0 heterocycles. The van der Waals surface area contributed by atoms with Gasteiger partial charge in [-0.1, -0.05) is 77.4 Å². The lowest BCUT2D eigenvalue weighted by Gasteiger charge is -2.32. The van der Waals surface area contributed by atoms with Gasteiger partial charge in [-0.05, 0) is 44.9 Å². The molecule has 0 amide bonds. The number of ether oxygens (including phenoxy) is 2. The lowest BCUT2D eigenvalue weighted by Crippen LogP contribution is -2.40. The van der Waals surface area contributed by atoms with Crippen molar-refractivity contribution >= 4 is 11.9 Å². The summed E-state index contributed by atoms with van der Waals surface area (Å²) in [6.07, 6.45) is 16.5. The summed E-state index contributed by atoms with van der Waals surface area (Å²) in [6.45, 7) is 8.77. The highest BCUT2D eigenvalue weighted by Gasteiger charge is 2.45. The molecule has 29 heavy (non-hydrogen) atoms. The molecule has 0 saturated carbocycles. The zero-order valence-corrected chi connectivity index (χ0v) is 19.3. The van der Waals surface area contributed by atoms with Crippen LogP contribution in [0.15, 0.2) is 12.2 Å². The lowest BCUT2D eigenvalue weighted by molar-refractivity contribution is -0.164. The Balaban J connectivity index is 3.06. The van der Waals surface area contributed by atoms with E-state index in [0.29, 0.717) is 13.2 Å². The zero-order valence-electron chi connectivity index (χ0n) is 19.3. The summed E-state index contributed by atoms with van der Waals surface area (Å²) in [4.78, 5) is 26.1. The van der Waals surface area contributed by atoms with Crippen molar-refractivity contribution in [3.8, 4) is 0 Å². The van der Waals surface area contributed by atoms with Crippen molar-refractivity contribution in [2.45, 2.75) is 98.3 Å². The third kappa shape index (κ3) is 8.92. The number of esters is 2. The summed E-state index contributed by atoms with van der Waals surface area (Å²) >= 11 is 0. The van der Waals surface area contributed by atoms with Crippen LogP contribution in [0.3, 0.4) is 0 Å². The van der Waals surface area contributed by atoms with E-state index in [0.717, 1.165) is 32.1 Å². The number of unbranched alkanes of at least 4 members (excludes halogenated alkanes) is 6. The number of hydrogen-bond acceptors (Lipinski definition) is 4. The van der Waals surface area contributed by atoms with Gasteiger partial charge in [-0.2, -0.15) is 0 Å². The maximum Gasteiger partial charge on any atom is 0.310 e. The molecule has 1 rings (SSSR count). The van der Waals surface area contributed by atoms with Crippen LogP contribution in [-0.2, 0) is 19.1 Å². The van der Waals surface area contributed by atoms with Crippen molar-refractivity contribution in [1.29, 1.82) is 0 Å². The smallest absolute Gasteiger partial charge is 0.310 e. The van der Waals surface area contributed by atoms with Crippen LogP contribution in [0.2, 0.25) is 0 Å². The second-order valence-corrected chi connectivity index (χ2v) is 8.34. The first-order valence-electron chi connectivity index (χ1n) is 12.1.